The van der Waals surface area contributed by atoms with Crippen LogP contribution < -0.4 is 0 Å². The zero-order chi connectivity index (χ0) is 85.1. The van der Waals surface area contributed by atoms with Crippen LogP contribution in [0.4, 0.5) is 0 Å². The lowest BCUT2D eigenvalue weighted by Crippen LogP contribution is -2.45. The molecule has 3 saturated heterocycles. The highest BCUT2D eigenvalue weighted by molar-refractivity contribution is 5.70. The Morgan fingerprint density at radius 3 is 1.18 bits per heavy atom. The Hall–Kier alpha value is -2.40. The van der Waals surface area contributed by atoms with Gasteiger partial charge in [0.05, 0.1) is 58.5 Å². The summed E-state index contributed by atoms with van der Waals surface area (Å²) in [6.45, 7) is 32.6. The summed E-state index contributed by atoms with van der Waals surface area (Å²) in [5.74, 6) is 3.07. The van der Waals surface area contributed by atoms with E-state index in [2.05, 4.69) is 77.1 Å². The van der Waals surface area contributed by atoms with E-state index >= 15 is 0 Å². The summed E-state index contributed by atoms with van der Waals surface area (Å²) in [6.07, 6.45) is 72.7. The van der Waals surface area contributed by atoms with Crippen LogP contribution in [0, 0.1) is 35.5 Å². The summed E-state index contributed by atoms with van der Waals surface area (Å²) in [7, 11) is 2.22. The topological polar surface area (TPSA) is 152 Å². The van der Waals surface area contributed by atoms with Gasteiger partial charge in [-0.1, -0.05) is 325 Å². The number of carbonyl (C=O) groups is 4. The predicted molar refractivity (Wildman–Crippen MR) is 495 cm³/mol. The number of hydrogen-bond donors (Lipinski definition) is 0. The van der Waals surface area contributed by atoms with Crippen LogP contribution in [-0.4, -0.2) is 169 Å². The van der Waals surface area contributed by atoms with Gasteiger partial charge in [0.1, 0.15) is 0 Å². The van der Waals surface area contributed by atoms with Gasteiger partial charge < -0.3 is 47.7 Å². The average Bonchev–Trinajstić information content (AvgIpc) is 1.67. The lowest BCUT2D eigenvalue weighted by molar-refractivity contribution is -0.180. The third kappa shape index (κ3) is 60.3. The standard InChI is InChI=1S/C103H197N3O12/c1-10-18-37-54-91(55-38-19-11-2)68-83-113-99(107)63-45-30-26-25-29-43-60-96(112-82-52-51-74-105-80-87-111-88-81-105)61-44-32-33-47-65-101(109)115-85-70-93(58-41-22-14-5)89-95(53-17-8)98(62-24-16-7)94(59-42-23-15-6)71-86-116-102(110)64-46-31-27-28-35-49-72-103(117-90-97(118-103)67-75-106-78-76-104(9)77-79-106)73-50-36-34-48-66-100(108)114-84-69-92(56-39-20-12-3)57-40-21-13-4/h91-98H,10-90H2,1-9H3. The molecule has 3 heterocycles. The summed E-state index contributed by atoms with van der Waals surface area (Å²) in [5, 5.41) is 0. The highest BCUT2D eigenvalue weighted by Gasteiger charge is 2.41. The molecule has 0 bridgehead atoms. The van der Waals surface area contributed by atoms with E-state index in [1.165, 1.54) is 225 Å². The van der Waals surface area contributed by atoms with Crippen molar-refractivity contribution in [3.8, 4) is 0 Å². The van der Waals surface area contributed by atoms with Gasteiger partial charge in [-0.3, -0.25) is 24.1 Å². The molecule has 15 heteroatoms. The van der Waals surface area contributed by atoms with Crippen molar-refractivity contribution in [2.24, 2.45) is 35.5 Å². The van der Waals surface area contributed by atoms with Crippen molar-refractivity contribution in [2.75, 3.05) is 112 Å². The molecule has 0 aliphatic carbocycles. The molecular formula is C103H197N3O12. The van der Waals surface area contributed by atoms with Crippen molar-refractivity contribution in [3.05, 3.63) is 0 Å². The minimum atomic E-state index is -0.512. The van der Waals surface area contributed by atoms with E-state index in [4.69, 9.17) is 37.9 Å². The van der Waals surface area contributed by atoms with Gasteiger partial charge in [-0.05, 0) is 158 Å². The minimum absolute atomic E-state index is 0.00795. The smallest absolute Gasteiger partial charge is 0.305 e. The van der Waals surface area contributed by atoms with E-state index in [-0.39, 0.29) is 30.0 Å². The third-order valence-electron chi connectivity index (χ3n) is 27.1. The summed E-state index contributed by atoms with van der Waals surface area (Å²) in [5.41, 5.74) is 0. The number of piperazine rings is 1. The lowest BCUT2D eigenvalue weighted by Gasteiger charge is -2.36. The molecule has 0 saturated carbocycles. The van der Waals surface area contributed by atoms with E-state index < -0.39 is 5.79 Å². The summed E-state index contributed by atoms with van der Waals surface area (Å²) in [4.78, 5) is 59.8. The van der Waals surface area contributed by atoms with Crippen LogP contribution >= 0.6 is 0 Å². The van der Waals surface area contributed by atoms with Crippen LogP contribution in [0.1, 0.15) is 473 Å². The molecule has 0 radical (unpaired) electrons. The van der Waals surface area contributed by atoms with E-state index in [1.807, 2.05) is 0 Å². The van der Waals surface area contributed by atoms with Crippen LogP contribution in [0.15, 0.2) is 0 Å². The van der Waals surface area contributed by atoms with Crippen LogP contribution in [0.5, 0.6) is 0 Å². The number of likely N-dealkylation sites (N-methyl/N-ethyl adjacent to an activating group) is 1. The third-order valence-corrected chi connectivity index (χ3v) is 27.1. The normalized spacial score (nSPS) is 17.7. The van der Waals surface area contributed by atoms with Crippen molar-refractivity contribution in [2.45, 2.75) is 491 Å². The fourth-order valence-corrected chi connectivity index (χ4v) is 19.2. The SMILES string of the molecule is CCCCCC(CCCCC)CCOC(=O)CCCCCCCCC(CCCCCCC(=O)OCCC(CCCCC)CC(CCC)C(CCCC)C(CCCCC)CCOC(=O)CCCCCCCCC1(CCCCCCC(=O)OCCC(CCCCC)CCCCC)OCC(CCN2CCN(C)CC2)O1)OCCCCN1CCOCC1. The zero-order valence-corrected chi connectivity index (χ0v) is 79.6. The fourth-order valence-electron chi connectivity index (χ4n) is 19.2. The maximum absolute atomic E-state index is 13.5. The zero-order valence-electron chi connectivity index (χ0n) is 79.6. The first-order valence-corrected chi connectivity index (χ1v) is 52.1. The van der Waals surface area contributed by atoms with Gasteiger partial charge in [0.15, 0.2) is 5.79 Å². The molecule has 3 aliphatic rings. The van der Waals surface area contributed by atoms with E-state index in [0.29, 0.717) is 100 Å². The van der Waals surface area contributed by atoms with E-state index in [9.17, 15) is 19.2 Å². The Bertz CT molecular complexity index is 2230. The Labute approximate surface area is 730 Å². The molecule has 0 spiro atoms. The lowest BCUT2D eigenvalue weighted by atomic mass is 9.69. The molecule has 0 aromatic heterocycles. The van der Waals surface area contributed by atoms with Gasteiger partial charge in [-0.25, -0.2) is 0 Å². The van der Waals surface area contributed by atoms with E-state index in [0.717, 1.165) is 239 Å². The molecule has 15 nitrogen and oxygen atoms in total. The van der Waals surface area contributed by atoms with Crippen LogP contribution in [0.25, 0.3) is 0 Å². The Kier molecular flexibility index (Phi) is 72.7. The summed E-state index contributed by atoms with van der Waals surface area (Å²) in [6, 6.07) is 0. The van der Waals surface area contributed by atoms with Crippen LogP contribution in [0.3, 0.4) is 0 Å². The van der Waals surface area contributed by atoms with E-state index in [1.54, 1.807) is 0 Å². The number of hydrogen-bond acceptors (Lipinski definition) is 15. The number of ether oxygens (including phenoxy) is 8. The molecule has 3 fully saturated rings. The molecular weight excluding hydrogens is 1470 g/mol. The second-order valence-electron chi connectivity index (χ2n) is 37.7. The highest BCUT2D eigenvalue weighted by atomic mass is 16.7. The maximum atomic E-state index is 13.5. The molecule has 118 heavy (non-hydrogen) atoms. The largest absolute Gasteiger partial charge is 0.466 e. The quantitative estimate of drug-likeness (QED) is 0.0322. The number of morpholine rings is 1. The first kappa shape index (κ1) is 110. The van der Waals surface area contributed by atoms with Crippen molar-refractivity contribution >= 4 is 23.9 Å². The van der Waals surface area contributed by atoms with Gasteiger partial charge in [-0.2, -0.15) is 0 Å². The number of esters is 4. The Morgan fingerprint density at radius 2 is 0.729 bits per heavy atom. The Balaban J connectivity index is 1.43. The first-order valence-electron chi connectivity index (χ1n) is 52.1. The number of rotatable bonds is 86. The fraction of sp³-hybridized carbons (Fsp3) is 0.961. The maximum Gasteiger partial charge on any atom is 0.305 e. The molecule has 0 amide bonds. The second-order valence-corrected chi connectivity index (χ2v) is 37.7. The van der Waals surface area contributed by atoms with Crippen LogP contribution in [0.2, 0.25) is 0 Å². The molecule has 7 unspecified atom stereocenters. The molecule has 7 atom stereocenters. The molecule has 0 N–H and O–H groups in total. The van der Waals surface area contributed by atoms with Crippen molar-refractivity contribution in [1.82, 2.24) is 14.7 Å². The van der Waals surface area contributed by atoms with Gasteiger partial charge in [0.2, 0.25) is 0 Å². The van der Waals surface area contributed by atoms with Gasteiger partial charge in [0, 0.05) is 90.9 Å². The number of nitrogens with zero attached hydrogens (tertiary/aromatic N) is 3. The molecule has 696 valence electrons. The second kappa shape index (κ2) is 78.1. The van der Waals surface area contributed by atoms with Crippen molar-refractivity contribution < 1.29 is 57.1 Å². The Morgan fingerprint density at radius 1 is 0.339 bits per heavy atom. The number of carbonyl (C=O) groups excluding carboxylic acids is 4. The summed E-state index contributed by atoms with van der Waals surface area (Å²) < 4.78 is 49.7. The van der Waals surface area contributed by atoms with Crippen LogP contribution in [-0.2, 0) is 57.1 Å². The van der Waals surface area contributed by atoms with Gasteiger partial charge in [-0.15, -0.1) is 0 Å². The van der Waals surface area contributed by atoms with Gasteiger partial charge in [0.25, 0.3) is 0 Å². The average molecular weight is 1670 g/mol. The molecule has 0 aromatic rings. The predicted octanol–water partition coefficient (Wildman–Crippen LogP) is 27.4. The highest BCUT2D eigenvalue weighted by Crippen LogP contribution is 2.41. The minimum Gasteiger partial charge on any atom is -0.466 e. The number of unbranched alkanes of at least 4 members (excludes halogenated alkanes) is 30. The first-order chi connectivity index (χ1) is 57.8. The van der Waals surface area contributed by atoms with Gasteiger partial charge >= 0.3 is 23.9 Å². The molecule has 0 aromatic carbocycles. The van der Waals surface area contributed by atoms with Crippen molar-refractivity contribution in [1.29, 1.82) is 0 Å². The van der Waals surface area contributed by atoms with Crippen molar-refractivity contribution in [3.63, 3.8) is 0 Å². The monoisotopic (exact) mass is 1670 g/mol. The molecule has 3 aliphatic heterocycles. The summed E-state index contributed by atoms with van der Waals surface area (Å²) >= 11 is 0. The molecule has 3 rings (SSSR count).